The van der Waals surface area contributed by atoms with Crippen molar-refractivity contribution in [1.82, 2.24) is 10.3 Å². The Morgan fingerprint density at radius 2 is 1.95 bits per heavy atom. The van der Waals surface area contributed by atoms with Crippen molar-refractivity contribution < 1.29 is 4.79 Å². The van der Waals surface area contributed by atoms with Gasteiger partial charge in [-0.25, -0.2) is 0 Å². The van der Waals surface area contributed by atoms with Gasteiger partial charge in [-0.05, 0) is 30.2 Å². The average molecular weight is 299 g/mol. The highest BCUT2D eigenvalue weighted by Gasteiger charge is 2.11. The van der Waals surface area contributed by atoms with Crippen LogP contribution in [0.15, 0.2) is 54.7 Å². The van der Waals surface area contributed by atoms with Crippen molar-refractivity contribution in [3.8, 4) is 0 Å². The Hall–Kier alpha value is -2.26. The van der Waals surface area contributed by atoms with Crippen LogP contribution in [0.5, 0.6) is 0 Å². The monoisotopic (exact) mass is 298 g/mol. The minimum absolute atomic E-state index is 0.0838. The molecule has 0 aliphatic heterocycles. The van der Waals surface area contributed by atoms with E-state index in [4.69, 9.17) is 11.6 Å². The van der Waals surface area contributed by atoms with Crippen molar-refractivity contribution in [1.29, 1.82) is 0 Å². The van der Waals surface area contributed by atoms with Crippen LogP contribution < -0.4 is 5.32 Å². The molecule has 2 aromatic carbocycles. The van der Waals surface area contributed by atoms with Crippen molar-refractivity contribution in [2.75, 3.05) is 6.54 Å². The molecule has 21 heavy (non-hydrogen) atoms. The summed E-state index contributed by atoms with van der Waals surface area (Å²) in [6.07, 6.45) is 2.54. The van der Waals surface area contributed by atoms with Crippen molar-refractivity contribution in [2.45, 2.75) is 6.42 Å². The summed E-state index contributed by atoms with van der Waals surface area (Å²) < 4.78 is 0. The second-order valence-electron chi connectivity index (χ2n) is 4.88. The lowest BCUT2D eigenvalue weighted by Crippen LogP contribution is -2.25. The van der Waals surface area contributed by atoms with Gasteiger partial charge in [-0.15, -0.1) is 0 Å². The molecule has 3 aromatic rings. The van der Waals surface area contributed by atoms with E-state index in [2.05, 4.69) is 22.4 Å². The largest absolute Gasteiger partial charge is 0.360 e. The minimum atomic E-state index is -0.0838. The minimum Gasteiger partial charge on any atom is -0.360 e. The van der Waals surface area contributed by atoms with Crippen LogP contribution in [-0.4, -0.2) is 17.4 Å². The van der Waals surface area contributed by atoms with Gasteiger partial charge in [0.25, 0.3) is 5.91 Å². The fraction of sp³-hybridized carbons (Fsp3) is 0.118. The Morgan fingerprint density at radius 3 is 2.76 bits per heavy atom. The van der Waals surface area contributed by atoms with Crippen molar-refractivity contribution in [3.05, 3.63) is 70.9 Å². The summed E-state index contributed by atoms with van der Waals surface area (Å²) >= 11 is 5.99. The SMILES string of the molecule is O=C(NCCc1ccccc1)c1c[nH]c2ccc(Cl)cc12. The molecular weight excluding hydrogens is 284 g/mol. The number of amides is 1. The zero-order valence-corrected chi connectivity index (χ0v) is 12.2. The van der Waals surface area contributed by atoms with Gasteiger partial charge in [0.2, 0.25) is 0 Å². The van der Waals surface area contributed by atoms with Crippen LogP contribution in [0.4, 0.5) is 0 Å². The van der Waals surface area contributed by atoms with E-state index in [1.807, 2.05) is 24.3 Å². The standard InChI is InChI=1S/C17H15ClN2O/c18-13-6-7-16-14(10-13)15(11-20-16)17(21)19-9-8-12-4-2-1-3-5-12/h1-7,10-11,20H,8-9H2,(H,19,21). The maximum Gasteiger partial charge on any atom is 0.253 e. The Morgan fingerprint density at radius 1 is 1.14 bits per heavy atom. The zero-order valence-electron chi connectivity index (χ0n) is 11.4. The number of carbonyl (C=O) groups is 1. The Kier molecular flexibility index (Phi) is 3.93. The smallest absolute Gasteiger partial charge is 0.253 e. The third-order valence-electron chi connectivity index (χ3n) is 3.43. The summed E-state index contributed by atoms with van der Waals surface area (Å²) in [6.45, 7) is 0.607. The van der Waals surface area contributed by atoms with Gasteiger partial charge in [-0.2, -0.15) is 0 Å². The highest BCUT2D eigenvalue weighted by molar-refractivity contribution is 6.31. The number of fused-ring (bicyclic) bond motifs is 1. The molecule has 1 heterocycles. The van der Waals surface area contributed by atoms with Crippen LogP contribution in [0, 0.1) is 0 Å². The Bertz CT molecular complexity index is 765. The van der Waals surface area contributed by atoms with Crippen LogP contribution in [0.2, 0.25) is 5.02 Å². The first kappa shape index (κ1) is 13.7. The van der Waals surface area contributed by atoms with E-state index >= 15 is 0 Å². The lowest BCUT2D eigenvalue weighted by molar-refractivity contribution is 0.0956. The molecule has 1 amide bonds. The molecule has 4 heteroatoms. The summed E-state index contributed by atoms with van der Waals surface area (Å²) in [5, 5.41) is 4.42. The number of nitrogens with one attached hydrogen (secondary N) is 2. The molecule has 3 rings (SSSR count). The summed E-state index contributed by atoms with van der Waals surface area (Å²) in [5.74, 6) is -0.0838. The third kappa shape index (κ3) is 3.09. The quantitative estimate of drug-likeness (QED) is 0.756. The van der Waals surface area contributed by atoms with Crippen LogP contribution in [-0.2, 0) is 6.42 Å². The number of halogens is 1. The van der Waals surface area contributed by atoms with Crippen molar-refractivity contribution >= 4 is 28.4 Å². The summed E-state index contributed by atoms with van der Waals surface area (Å²) in [4.78, 5) is 15.3. The van der Waals surface area contributed by atoms with Gasteiger partial charge in [0.05, 0.1) is 5.56 Å². The van der Waals surface area contributed by atoms with Gasteiger partial charge in [-0.1, -0.05) is 41.9 Å². The van der Waals surface area contributed by atoms with Gasteiger partial charge in [-0.3, -0.25) is 4.79 Å². The number of aromatic nitrogens is 1. The number of rotatable bonds is 4. The molecule has 1 aromatic heterocycles. The Balaban J connectivity index is 1.68. The van der Waals surface area contributed by atoms with E-state index in [9.17, 15) is 4.79 Å². The second kappa shape index (κ2) is 6.02. The number of aromatic amines is 1. The van der Waals surface area contributed by atoms with Crippen LogP contribution in [0.25, 0.3) is 10.9 Å². The lowest BCUT2D eigenvalue weighted by Gasteiger charge is -2.04. The number of benzene rings is 2. The normalized spacial score (nSPS) is 10.7. The first-order valence-corrected chi connectivity index (χ1v) is 7.20. The third-order valence-corrected chi connectivity index (χ3v) is 3.67. The first-order chi connectivity index (χ1) is 10.2. The Labute approximate surface area is 127 Å². The van der Waals surface area contributed by atoms with Crippen molar-refractivity contribution in [2.24, 2.45) is 0 Å². The maximum atomic E-state index is 12.2. The number of hydrogen-bond donors (Lipinski definition) is 2. The topological polar surface area (TPSA) is 44.9 Å². The molecule has 2 N–H and O–H groups in total. The van der Waals surface area contributed by atoms with Gasteiger partial charge >= 0.3 is 0 Å². The van der Waals surface area contributed by atoms with E-state index in [0.29, 0.717) is 17.1 Å². The summed E-state index contributed by atoms with van der Waals surface area (Å²) in [6, 6.07) is 15.6. The van der Waals surface area contributed by atoms with E-state index in [1.165, 1.54) is 5.56 Å². The number of carbonyl (C=O) groups excluding carboxylic acids is 1. The second-order valence-corrected chi connectivity index (χ2v) is 5.32. The predicted molar refractivity (Wildman–Crippen MR) is 85.8 cm³/mol. The van der Waals surface area contributed by atoms with Crippen LogP contribution >= 0.6 is 11.6 Å². The molecule has 106 valence electrons. The van der Waals surface area contributed by atoms with E-state index in [-0.39, 0.29) is 5.91 Å². The van der Waals surface area contributed by atoms with Crippen molar-refractivity contribution in [3.63, 3.8) is 0 Å². The first-order valence-electron chi connectivity index (χ1n) is 6.83. The molecule has 0 atom stereocenters. The van der Waals surface area contributed by atoms with E-state index in [1.54, 1.807) is 18.3 Å². The average Bonchev–Trinajstić information content (AvgIpc) is 2.91. The fourth-order valence-electron chi connectivity index (χ4n) is 2.34. The lowest BCUT2D eigenvalue weighted by atomic mass is 10.1. The zero-order chi connectivity index (χ0) is 14.7. The summed E-state index contributed by atoms with van der Waals surface area (Å²) in [5.41, 5.74) is 2.74. The van der Waals surface area contributed by atoms with E-state index in [0.717, 1.165) is 17.3 Å². The molecule has 0 unspecified atom stereocenters. The molecule has 0 radical (unpaired) electrons. The molecule has 3 nitrogen and oxygen atoms in total. The number of hydrogen-bond acceptors (Lipinski definition) is 1. The molecule has 0 aliphatic carbocycles. The molecule has 0 aliphatic rings. The van der Waals surface area contributed by atoms with Gasteiger partial charge in [0.1, 0.15) is 0 Å². The molecule has 0 fully saturated rings. The number of H-pyrrole nitrogens is 1. The molecule has 0 saturated heterocycles. The highest BCUT2D eigenvalue weighted by atomic mass is 35.5. The van der Waals surface area contributed by atoms with Gasteiger partial charge < -0.3 is 10.3 Å². The fourth-order valence-corrected chi connectivity index (χ4v) is 2.51. The molecule has 0 saturated carbocycles. The molecule has 0 bridgehead atoms. The predicted octanol–water partition coefficient (Wildman–Crippen LogP) is 3.79. The van der Waals surface area contributed by atoms with E-state index < -0.39 is 0 Å². The van der Waals surface area contributed by atoms with Crippen LogP contribution in [0.1, 0.15) is 15.9 Å². The maximum absolute atomic E-state index is 12.2. The molecule has 0 spiro atoms. The van der Waals surface area contributed by atoms with Gasteiger partial charge in [0.15, 0.2) is 0 Å². The summed E-state index contributed by atoms with van der Waals surface area (Å²) in [7, 11) is 0. The van der Waals surface area contributed by atoms with Gasteiger partial charge in [0, 0.05) is 28.7 Å². The van der Waals surface area contributed by atoms with Crippen LogP contribution in [0.3, 0.4) is 0 Å². The highest BCUT2D eigenvalue weighted by Crippen LogP contribution is 2.22. The molecular formula is C17H15ClN2O.